The zero-order valence-corrected chi connectivity index (χ0v) is 11.5. The molecule has 0 atom stereocenters. The van der Waals surface area contributed by atoms with Gasteiger partial charge < -0.3 is 5.73 Å². The minimum Gasteiger partial charge on any atom is -0.396 e. The molecular formula is C14H7ClF3N3O. The van der Waals surface area contributed by atoms with Gasteiger partial charge in [0.05, 0.1) is 22.8 Å². The summed E-state index contributed by atoms with van der Waals surface area (Å²) in [6, 6.07) is 3.08. The van der Waals surface area contributed by atoms with Crippen LogP contribution in [-0.4, -0.2) is 9.55 Å². The van der Waals surface area contributed by atoms with Crippen LogP contribution in [0.4, 0.5) is 18.9 Å². The Morgan fingerprint density at radius 1 is 1.18 bits per heavy atom. The number of anilines is 1. The molecule has 0 radical (unpaired) electrons. The van der Waals surface area contributed by atoms with Gasteiger partial charge in [0.2, 0.25) is 0 Å². The molecule has 2 aromatic heterocycles. The van der Waals surface area contributed by atoms with Crippen molar-refractivity contribution in [2.45, 2.75) is 0 Å². The van der Waals surface area contributed by atoms with Crippen LogP contribution in [0.3, 0.4) is 0 Å². The van der Waals surface area contributed by atoms with E-state index in [2.05, 4.69) is 4.98 Å². The Labute approximate surface area is 126 Å². The average molecular weight is 326 g/mol. The summed E-state index contributed by atoms with van der Waals surface area (Å²) in [4.78, 5) is 15.6. The molecule has 0 fully saturated rings. The number of halogens is 4. The van der Waals surface area contributed by atoms with E-state index in [1.54, 1.807) is 0 Å². The number of nitrogen functional groups attached to an aromatic ring is 1. The summed E-state index contributed by atoms with van der Waals surface area (Å²) >= 11 is 5.82. The highest BCUT2D eigenvalue weighted by molar-refractivity contribution is 6.35. The van der Waals surface area contributed by atoms with Gasteiger partial charge in [-0.05, 0) is 6.07 Å². The molecular weight excluding hydrogens is 319 g/mol. The number of benzene rings is 1. The number of nitrogens with zero attached hydrogens (tertiary/aromatic N) is 2. The Kier molecular flexibility index (Phi) is 3.29. The van der Waals surface area contributed by atoms with Crippen LogP contribution < -0.4 is 11.2 Å². The lowest BCUT2D eigenvalue weighted by Crippen LogP contribution is -2.10. The Bertz CT molecular complexity index is 972. The van der Waals surface area contributed by atoms with E-state index in [0.717, 1.165) is 18.3 Å². The van der Waals surface area contributed by atoms with Crippen LogP contribution in [-0.2, 0) is 0 Å². The van der Waals surface area contributed by atoms with E-state index in [1.807, 2.05) is 0 Å². The lowest BCUT2D eigenvalue weighted by atomic mass is 10.2. The van der Waals surface area contributed by atoms with E-state index in [1.165, 1.54) is 16.8 Å². The third-order valence-corrected chi connectivity index (χ3v) is 3.48. The first-order valence-corrected chi connectivity index (χ1v) is 6.38. The molecule has 0 unspecified atom stereocenters. The number of hydrogen-bond acceptors (Lipinski definition) is 3. The van der Waals surface area contributed by atoms with Crippen molar-refractivity contribution in [2.24, 2.45) is 0 Å². The lowest BCUT2D eigenvalue weighted by molar-refractivity contribution is 0.510. The summed E-state index contributed by atoms with van der Waals surface area (Å²) in [5, 5.41) is -0.700. The van der Waals surface area contributed by atoms with E-state index >= 15 is 0 Å². The number of fused-ring (bicyclic) bond motifs is 1. The van der Waals surface area contributed by atoms with Crippen molar-refractivity contribution in [3.63, 3.8) is 0 Å². The van der Waals surface area contributed by atoms with Gasteiger partial charge in [0, 0.05) is 18.3 Å². The van der Waals surface area contributed by atoms with Gasteiger partial charge in [-0.1, -0.05) is 11.6 Å². The van der Waals surface area contributed by atoms with Gasteiger partial charge >= 0.3 is 0 Å². The minimum atomic E-state index is -1.29. The predicted octanol–water partition coefficient (Wildman–Crippen LogP) is 3.04. The van der Waals surface area contributed by atoms with Crippen molar-refractivity contribution >= 4 is 28.2 Å². The molecule has 2 heterocycles. The molecule has 0 spiro atoms. The van der Waals surface area contributed by atoms with Crippen LogP contribution in [0.2, 0.25) is 5.02 Å². The fourth-order valence-electron chi connectivity index (χ4n) is 2.08. The van der Waals surface area contributed by atoms with Crippen molar-refractivity contribution < 1.29 is 13.2 Å². The summed E-state index contributed by atoms with van der Waals surface area (Å²) < 4.78 is 41.6. The summed E-state index contributed by atoms with van der Waals surface area (Å²) in [6.45, 7) is 0. The van der Waals surface area contributed by atoms with E-state index < -0.39 is 27.9 Å². The minimum absolute atomic E-state index is 0.0772. The first-order chi connectivity index (χ1) is 10.4. The Morgan fingerprint density at radius 2 is 1.91 bits per heavy atom. The van der Waals surface area contributed by atoms with Gasteiger partial charge in [-0.25, -0.2) is 18.2 Å². The monoisotopic (exact) mass is 325 g/mol. The Hall–Kier alpha value is -2.54. The van der Waals surface area contributed by atoms with Crippen LogP contribution >= 0.6 is 11.6 Å². The van der Waals surface area contributed by atoms with E-state index in [0.29, 0.717) is 0 Å². The van der Waals surface area contributed by atoms with Crippen molar-refractivity contribution in [3.05, 3.63) is 63.3 Å². The summed E-state index contributed by atoms with van der Waals surface area (Å²) in [7, 11) is 0. The SMILES string of the molecule is Nc1cc(-n2ccc(=O)c3cc(F)c(F)c(Cl)c32)ncc1F. The van der Waals surface area contributed by atoms with Gasteiger partial charge in [-0.15, -0.1) is 0 Å². The van der Waals surface area contributed by atoms with Crippen LogP contribution in [0.25, 0.3) is 16.7 Å². The zero-order valence-electron chi connectivity index (χ0n) is 10.8. The van der Waals surface area contributed by atoms with Gasteiger partial charge in [-0.3, -0.25) is 9.36 Å². The van der Waals surface area contributed by atoms with Gasteiger partial charge in [0.1, 0.15) is 10.8 Å². The van der Waals surface area contributed by atoms with Crippen molar-refractivity contribution in [2.75, 3.05) is 5.73 Å². The van der Waals surface area contributed by atoms with Crippen molar-refractivity contribution in [1.82, 2.24) is 9.55 Å². The summed E-state index contributed by atoms with van der Waals surface area (Å²) in [6.07, 6.45) is 2.15. The van der Waals surface area contributed by atoms with Gasteiger partial charge in [0.15, 0.2) is 22.9 Å². The van der Waals surface area contributed by atoms with E-state index in [9.17, 15) is 18.0 Å². The van der Waals surface area contributed by atoms with E-state index in [-0.39, 0.29) is 22.4 Å². The predicted molar refractivity (Wildman–Crippen MR) is 76.6 cm³/mol. The first kappa shape index (κ1) is 14.4. The van der Waals surface area contributed by atoms with Crippen LogP contribution in [0.1, 0.15) is 0 Å². The number of hydrogen-bond donors (Lipinski definition) is 1. The third-order valence-electron chi connectivity index (χ3n) is 3.14. The molecule has 0 bridgehead atoms. The standard InChI is InChI=1S/C14H7ClF3N3O/c15-12-13(18)7(16)3-6-10(22)1-2-21(14(6)12)11-4-9(19)8(17)5-20-11/h1-5H,(H2,19,20). The number of pyridine rings is 2. The first-order valence-electron chi connectivity index (χ1n) is 6.00. The second-order valence-electron chi connectivity index (χ2n) is 4.50. The number of rotatable bonds is 1. The molecule has 0 aliphatic carbocycles. The van der Waals surface area contributed by atoms with E-state index in [4.69, 9.17) is 17.3 Å². The molecule has 8 heteroatoms. The molecule has 112 valence electrons. The maximum absolute atomic E-state index is 13.7. The molecule has 22 heavy (non-hydrogen) atoms. The van der Waals surface area contributed by atoms with Crippen molar-refractivity contribution in [1.29, 1.82) is 0 Å². The molecule has 0 aliphatic heterocycles. The maximum atomic E-state index is 13.7. The lowest BCUT2D eigenvalue weighted by Gasteiger charge is -2.12. The maximum Gasteiger partial charge on any atom is 0.189 e. The normalized spacial score (nSPS) is 11.1. The molecule has 0 aliphatic rings. The second kappa shape index (κ2) is 5.03. The summed E-state index contributed by atoms with van der Waals surface area (Å²) in [5.41, 5.74) is 4.67. The average Bonchev–Trinajstić information content (AvgIpc) is 2.49. The molecule has 2 N–H and O–H groups in total. The van der Waals surface area contributed by atoms with Crippen LogP contribution in [0.15, 0.2) is 35.4 Å². The highest BCUT2D eigenvalue weighted by Crippen LogP contribution is 2.28. The second-order valence-corrected chi connectivity index (χ2v) is 4.87. The van der Waals surface area contributed by atoms with Crippen molar-refractivity contribution in [3.8, 4) is 5.82 Å². The van der Waals surface area contributed by atoms with Gasteiger partial charge in [-0.2, -0.15) is 0 Å². The Balaban J connectivity index is 2.45. The molecule has 1 aromatic carbocycles. The zero-order chi connectivity index (χ0) is 16.0. The molecule has 4 nitrogen and oxygen atoms in total. The van der Waals surface area contributed by atoms with Crippen LogP contribution in [0, 0.1) is 17.5 Å². The van der Waals surface area contributed by atoms with Crippen LogP contribution in [0.5, 0.6) is 0 Å². The highest BCUT2D eigenvalue weighted by Gasteiger charge is 2.17. The molecule has 3 rings (SSSR count). The number of nitrogens with two attached hydrogens (primary N) is 1. The fraction of sp³-hybridized carbons (Fsp3) is 0. The smallest absolute Gasteiger partial charge is 0.189 e. The molecule has 0 saturated carbocycles. The third kappa shape index (κ3) is 2.10. The largest absolute Gasteiger partial charge is 0.396 e. The summed E-state index contributed by atoms with van der Waals surface area (Å²) in [5.74, 6) is -3.14. The number of aromatic nitrogens is 2. The molecule has 0 saturated heterocycles. The topological polar surface area (TPSA) is 60.9 Å². The quantitative estimate of drug-likeness (QED) is 0.700. The van der Waals surface area contributed by atoms with Gasteiger partial charge in [0.25, 0.3) is 0 Å². The Morgan fingerprint density at radius 3 is 2.59 bits per heavy atom. The fourth-order valence-corrected chi connectivity index (χ4v) is 2.36. The molecule has 0 amide bonds. The highest BCUT2D eigenvalue weighted by atomic mass is 35.5. The molecule has 3 aromatic rings.